The smallest absolute Gasteiger partial charge is 0.148 e. The van der Waals surface area contributed by atoms with E-state index in [1.54, 1.807) is 0 Å². The van der Waals surface area contributed by atoms with Gasteiger partial charge in [-0.25, -0.2) is 0 Å². The maximum Gasteiger partial charge on any atom is 0.148 e. The molecule has 0 aromatic carbocycles. The summed E-state index contributed by atoms with van der Waals surface area (Å²) in [7, 11) is 1.91. The largest absolute Gasteiger partial charge is 0.466 e. The Morgan fingerprint density at radius 1 is 1.45 bits per heavy atom. The van der Waals surface area contributed by atoms with E-state index in [1.165, 1.54) is 0 Å². The van der Waals surface area contributed by atoms with E-state index in [9.17, 15) is 0 Å². The molecule has 0 aliphatic rings. The van der Waals surface area contributed by atoms with E-state index < -0.39 is 0 Å². The van der Waals surface area contributed by atoms with Crippen LogP contribution in [0.3, 0.4) is 0 Å². The van der Waals surface area contributed by atoms with Gasteiger partial charge >= 0.3 is 0 Å². The van der Waals surface area contributed by atoms with Crippen LogP contribution in [0.2, 0.25) is 0 Å². The van der Waals surface area contributed by atoms with Gasteiger partial charge in [0, 0.05) is 12.6 Å². The van der Waals surface area contributed by atoms with Crippen molar-refractivity contribution in [3.8, 4) is 0 Å². The van der Waals surface area contributed by atoms with E-state index in [2.05, 4.69) is 30.3 Å². The summed E-state index contributed by atoms with van der Waals surface area (Å²) < 4.78 is 7.40. The van der Waals surface area contributed by atoms with Crippen molar-refractivity contribution >= 4 is 11.5 Å². The van der Waals surface area contributed by atoms with Crippen LogP contribution in [0.5, 0.6) is 0 Å². The fourth-order valence-corrected chi connectivity index (χ4v) is 2.55. The number of hydrogen-bond acceptors (Lipinski definition) is 4. The van der Waals surface area contributed by atoms with Crippen LogP contribution in [0, 0.1) is 13.8 Å². The standard InChI is InChI=1S/C15H24N4O/c1-6-7-13-14(16)15(19(5)18-13)17-10(3)12-8-9(2)20-11(12)4/h8,10,17H,6-7,16H2,1-5H3. The maximum atomic E-state index is 6.19. The molecule has 0 spiro atoms. The second kappa shape index (κ2) is 5.61. The molecule has 0 bridgehead atoms. The number of nitrogen functional groups attached to an aromatic ring is 1. The molecular formula is C15H24N4O. The lowest BCUT2D eigenvalue weighted by molar-refractivity contribution is 0.499. The molecule has 5 heteroatoms. The lowest BCUT2D eigenvalue weighted by Crippen LogP contribution is -2.11. The molecule has 5 nitrogen and oxygen atoms in total. The maximum absolute atomic E-state index is 6.19. The first-order valence-corrected chi connectivity index (χ1v) is 7.08. The summed E-state index contributed by atoms with van der Waals surface area (Å²) in [6, 6.07) is 2.19. The molecule has 2 aromatic rings. The second-order valence-electron chi connectivity index (χ2n) is 5.32. The van der Waals surface area contributed by atoms with Gasteiger partial charge in [-0.05, 0) is 33.3 Å². The molecule has 3 N–H and O–H groups in total. The van der Waals surface area contributed by atoms with Gasteiger partial charge in [-0.15, -0.1) is 0 Å². The highest BCUT2D eigenvalue weighted by atomic mass is 16.3. The number of nitrogens with zero attached hydrogens (tertiary/aromatic N) is 2. The van der Waals surface area contributed by atoms with E-state index >= 15 is 0 Å². The zero-order valence-corrected chi connectivity index (χ0v) is 12.9. The fraction of sp³-hybridized carbons (Fsp3) is 0.533. The van der Waals surface area contributed by atoms with Gasteiger partial charge in [-0.2, -0.15) is 5.10 Å². The van der Waals surface area contributed by atoms with E-state index in [0.717, 1.165) is 47.1 Å². The van der Waals surface area contributed by atoms with Crippen molar-refractivity contribution in [2.45, 2.75) is 46.6 Å². The molecule has 0 aliphatic heterocycles. The molecule has 0 amide bonds. The van der Waals surface area contributed by atoms with Crippen LogP contribution in [0.25, 0.3) is 0 Å². The Labute approximate surface area is 120 Å². The van der Waals surface area contributed by atoms with Crippen molar-refractivity contribution in [2.24, 2.45) is 7.05 Å². The summed E-state index contributed by atoms with van der Waals surface area (Å²) in [5.74, 6) is 2.74. The van der Waals surface area contributed by atoms with Crippen LogP contribution in [0.4, 0.5) is 11.5 Å². The van der Waals surface area contributed by atoms with Gasteiger partial charge in [0.1, 0.15) is 17.3 Å². The van der Waals surface area contributed by atoms with Crippen LogP contribution >= 0.6 is 0 Å². The van der Waals surface area contributed by atoms with Gasteiger partial charge < -0.3 is 15.5 Å². The Bertz CT molecular complexity index is 597. The third-order valence-electron chi connectivity index (χ3n) is 3.55. The Balaban J connectivity index is 2.23. The number of nitrogens with one attached hydrogen (secondary N) is 1. The van der Waals surface area contributed by atoms with E-state index in [1.807, 2.05) is 25.6 Å². The molecule has 20 heavy (non-hydrogen) atoms. The third kappa shape index (κ3) is 2.66. The van der Waals surface area contributed by atoms with E-state index in [0.29, 0.717) is 0 Å². The summed E-state index contributed by atoms with van der Waals surface area (Å²) in [5, 5.41) is 7.92. The van der Waals surface area contributed by atoms with Gasteiger partial charge in [0.25, 0.3) is 0 Å². The van der Waals surface area contributed by atoms with Crippen LogP contribution in [-0.4, -0.2) is 9.78 Å². The summed E-state index contributed by atoms with van der Waals surface area (Å²) in [4.78, 5) is 0. The average molecular weight is 276 g/mol. The zero-order chi connectivity index (χ0) is 14.9. The number of aromatic nitrogens is 2. The molecule has 2 aromatic heterocycles. The van der Waals surface area contributed by atoms with Gasteiger partial charge in [-0.1, -0.05) is 13.3 Å². The molecule has 110 valence electrons. The van der Waals surface area contributed by atoms with Crippen LogP contribution in [0.1, 0.15) is 49.1 Å². The molecule has 0 fully saturated rings. The van der Waals surface area contributed by atoms with Crippen molar-refractivity contribution < 1.29 is 4.42 Å². The predicted molar refractivity (Wildman–Crippen MR) is 81.8 cm³/mol. The first-order valence-electron chi connectivity index (χ1n) is 7.08. The molecule has 1 atom stereocenters. The molecule has 1 unspecified atom stereocenters. The number of nitrogens with two attached hydrogens (primary N) is 1. The fourth-order valence-electron chi connectivity index (χ4n) is 2.55. The summed E-state index contributed by atoms with van der Waals surface area (Å²) >= 11 is 0. The lowest BCUT2D eigenvalue weighted by Gasteiger charge is -2.15. The molecule has 2 rings (SSSR count). The SMILES string of the molecule is CCCc1nn(C)c(NC(C)c2cc(C)oc2C)c1N. The molecule has 0 radical (unpaired) electrons. The van der Waals surface area contributed by atoms with Crippen molar-refractivity contribution in [2.75, 3.05) is 11.1 Å². The zero-order valence-electron chi connectivity index (χ0n) is 12.9. The molecule has 0 saturated heterocycles. The van der Waals surface area contributed by atoms with Crippen molar-refractivity contribution in [1.29, 1.82) is 0 Å². The van der Waals surface area contributed by atoms with Crippen LogP contribution in [0.15, 0.2) is 10.5 Å². The Hall–Kier alpha value is -1.91. The number of hydrogen-bond donors (Lipinski definition) is 2. The first-order chi connectivity index (χ1) is 9.43. The minimum absolute atomic E-state index is 0.125. The highest BCUT2D eigenvalue weighted by Gasteiger charge is 2.18. The number of anilines is 2. The van der Waals surface area contributed by atoms with Gasteiger partial charge in [0.15, 0.2) is 0 Å². The van der Waals surface area contributed by atoms with Gasteiger partial charge in [0.05, 0.1) is 17.4 Å². The molecular weight excluding hydrogens is 252 g/mol. The summed E-state index contributed by atoms with van der Waals surface area (Å²) in [6.45, 7) is 8.17. The van der Waals surface area contributed by atoms with Crippen molar-refractivity contribution in [1.82, 2.24) is 9.78 Å². The average Bonchev–Trinajstić information content (AvgIpc) is 2.84. The quantitative estimate of drug-likeness (QED) is 0.878. The minimum Gasteiger partial charge on any atom is -0.466 e. The van der Waals surface area contributed by atoms with Gasteiger partial charge in [-0.3, -0.25) is 4.68 Å². The summed E-state index contributed by atoms with van der Waals surface area (Å²) in [6.07, 6.45) is 1.94. The van der Waals surface area contributed by atoms with Gasteiger partial charge in [0.2, 0.25) is 0 Å². The number of rotatable bonds is 5. The normalized spacial score (nSPS) is 12.7. The first kappa shape index (κ1) is 14.5. The Morgan fingerprint density at radius 3 is 2.70 bits per heavy atom. The monoisotopic (exact) mass is 276 g/mol. The highest BCUT2D eigenvalue weighted by molar-refractivity contribution is 5.65. The number of furan rings is 1. The van der Waals surface area contributed by atoms with E-state index in [-0.39, 0.29) is 6.04 Å². The lowest BCUT2D eigenvalue weighted by atomic mass is 10.1. The third-order valence-corrected chi connectivity index (χ3v) is 3.55. The Morgan fingerprint density at radius 2 is 2.15 bits per heavy atom. The minimum atomic E-state index is 0.125. The van der Waals surface area contributed by atoms with Crippen LogP contribution in [-0.2, 0) is 13.5 Å². The second-order valence-corrected chi connectivity index (χ2v) is 5.32. The highest BCUT2D eigenvalue weighted by Crippen LogP contribution is 2.29. The van der Waals surface area contributed by atoms with Crippen LogP contribution < -0.4 is 11.1 Å². The molecule has 0 aliphatic carbocycles. The summed E-state index contributed by atoms with van der Waals surface area (Å²) in [5.41, 5.74) is 9.06. The Kier molecular flexibility index (Phi) is 4.06. The van der Waals surface area contributed by atoms with E-state index in [4.69, 9.17) is 10.2 Å². The predicted octanol–water partition coefficient (Wildman–Crippen LogP) is 3.34. The molecule has 2 heterocycles. The van der Waals surface area contributed by atoms with Crippen molar-refractivity contribution in [3.05, 3.63) is 28.8 Å². The molecule has 0 saturated carbocycles. The number of aryl methyl sites for hydroxylation is 4. The van der Waals surface area contributed by atoms with Crippen molar-refractivity contribution in [3.63, 3.8) is 0 Å². The topological polar surface area (TPSA) is 69.0 Å².